The fourth-order valence-electron chi connectivity index (χ4n) is 2.46. The summed E-state index contributed by atoms with van der Waals surface area (Å²) in [5.74, 6) is 0.0709. The van der Waals surface area contributed by atoms with E-state index in [2.05, 4.69) is 5.32 Å². The summed E-state index contributed by atoms with van der Waals surface area (Å²) in [6.45, 7) is 4.83. The Morgan fingerprint density at radius 3 is 2.62 bits per heavy atom. The van der Waals surface area contributed by atoms with E-state index in [-0.39, 0.29) is 24.0 Å². The summed E-state index contributed by atoms with van der Waals surface area (Å²) in [7, 11) is 0. The highest BCUT2D eigenvalue weighted by Crippen LogP contribution is 2.20. The number of hydrogen-bond acceptors (Lipinski definition) is 3. The highest BCUT2D eigenvalue weighted by atomic mass is 16.6. The van der Waals surface area contributed by atoms with Crippen molar-refractivity contribution in [3.05, 3.63) is 30.3 Å². The highest BCUT2D eigenvalue weighted by Gasteiger charge is 2.32. The second kappa shape index (κ2) is 7.11. The molecular formula is C16H22N2O3. The van der Waals surface area contributed by atoms with Gasteiger partial charge in [0.25, 0.3) is 0 Å². The second-order valence-electron chi connectivity index (χ2n) is 5.21. The molecule has 1 atom stereocenters. The summed E-state index contributed by atoms with van der Waals surface area (Å²) in [6.07, 6.45) is 0.991. The van der Waals surface area contributed by atoms with Crippen molar-refractivity contribution >= 4 is 17.7 Å². The van der Waals surface area contributed by atoms with Crippen molar-refractivity contribution in [3.63, 3.8) is 0 Å². The molecule has 1 aliphatic rings. The van der Waals surface area contributed by atoms with Crippen molar-refractivity contribution in [3.8, 4) is 0 Å². The third-order valence-electron chi connectivity index (χ3n) is 3.80. The molecular weight excluding hydrogens is 268 g/mol. The van der Waals surface area contributed by atoms with Crippen LogP contribution in [0.3, 0.4) is 0 Å². The van der Waals surface area contributed by atoms with Gasteiger partial charge in [0.05, 0.1) is 13.1 Å². The van der Waals surface area contributed by atoms with Crippen LogP contribution in [-0.4, -0.2) is 31.2 Å². The third-order valence-corrected chi connectivity index (χ3v) is 3.80. The monoisotopic (exact) mass is 290 g/mol. The molecule has 1 heterocycles. The predicted octanol–water partition coefficient (Wildman–Crippen LogP) is 2.56. The van der Waals surface area contributed by atoms with Gasteiger partial charge in [0.1, 0.15) is 6.10 Å². The molecule has 1 aromatic carbocycles. The van der Waals surface area contributed by atoms with Crippen molar-refractivity contribution in [1.82, 2.24) is 5.32 Å². The summed E-state index contributed by atoms with van der Waals surface area (Å²) in [6, 6.07) is 9.40. The van der Waals surface area contributed by atoms with E-state index >= 15 is 0 Å². The minimum Gasteiger partial charge on any atom is -0.442 e. The van der Waals surface area contributed by atoms with Crippen LogP contribution in [-0.2, 0) is 9.53 Å². The molecule has 1 aliphatic heterocycles. The van der Waals surface area contributed by atoms with Crippen molar-refractivity contribution in [2.45, 2.75) is 32.8 Å². The maximum absolute atomic E-state index is 11.9. The first-order valence-corrected chi connectivity index (χ1v) is 7.46. The summed E-state index contributed by atoms with van der Waals surface area (Å²) in [5.41, 5.74) is 0.816. The molecule has 1 unspecified atom stereocenters. The zero-order valence-corrected chi connectivity index (χ0v) is 12.5. The van der Waals surface area contributed by atoms with Gasteiger partial charge < -0.3 is 10.1 Å². The largest absolute Gasteiger partial charge is 0.442 e. The van der Waals surface area contributed by atoms with E-state index in [1.165, 1.54) is 0 Å². The van der Waals surface area contributed by atoms with E-state index in [1.54, 1.807) is 4.90 Å². The lowest BCUT2D eigenvalue weighted by Gasteiger charge is -2.15. The van der Waals surface area contributed by atoms with E-state index < -0.39 is 0 Å². The molecule has 114 valence electrons. The van der Waals surface area contributed by atoms with E-state index in [4.69, 9.17) is 4.74 Å². The van der Waals surface area contributed by atoms with Gasteiger partial charge in [0.15, 0.2) is 0 Å². The Balaban J connectivity index is 1.87. The van der Waals surface area contributed by atoms with Gasteiger partial charge in [-0.1, -0.05) is 32.0 Å². The smallest absolute Gasteiger partial charge is 0.414 e. The number of carbonyl (C=O) groups excluding carboxylic acids is 2. The first kappa shape index (κ1) is 15.4. The maximum atomic E-state index is 11.9. The lowest BCUT2D eigenvalue weighted by atomic mass is 10.0. The third kappa shape index (κ3) is 3.74. The normalized spacial score (nSPS) is 18.0. The molecule has 0 aromatic heterocycles. The van der Waals surface area contributed by atoms with Gasteiger partial charge in [-0.05, 0) is 25.0 Å². The Hall–Kier alpha value is -2.04. The fourth-order valence-corrected chi connectivity index (χ4v) is 2.46. The average molecular weight is 290 g/mol. The number of cyclic esters (lactones) is 1. The molecule has 5 heteroatoms. The highest BCUT2D eigenvalue weighted by molar-refractivity contribution is 5.89. The van der Waals surface area contributed by atoms with Crippen LogP contribution in [0.1, 0.15) is 26.7 Å². The molecule has 2 rings (SSSR count). The van der Waals surface area contributed by atoms with Crippen LogP contribution in [0.15, 0.2) is 30.3 Å². The van der Waals surface area contributed by atoms with Gasteiger partial charge in [-0.3, -0.25) is 9.69 Å². The van der Waals surface area contributed by atoms with Gasteiger partial charge in [0.2, 0.25) is 5.91 Å². The van der Waals surface area contributed by atoms with Crippen LogP contribution in [0.25, 0.3) is 0 Å². The lowest BCUT2D eigenvalue weighted by Crippen LogP contribution is -2.37. The number of carbonyl (C=O) groups is 2. The number of nitrogens with zero attached hydrogens (tertiary/aromatic N) is 1. The number of para-hydroxylation sites is 1. The van der Waals surface area contributed by atoms with Crippen LogP contribution in [0.4, 0.5) is 10.5 Å². The van der Waals surface area contributed by atoms with Crippen LogP contribution < -0.4 is 10.2 Å². The van der Waals surface area contributed by atoms with Crippen LogP contribution in [0, 0.1) is 5.92 Å². The van der Waals surface area contributed by atoms with Crippen molar-refractivity contribution < 1.29 is 14.3 Å². The molecule has 0 saturated carbocycles. The average Bonchev–Trinajstić information content (AvgIpc) is 2.88. The molecule has 0 radical (unpaired) electrons. The number of amides is 2. The van der Waals surface area contributed by atoms with Crippen molar-refractivity contribution in [2.24, 2.45) is 5.92 Å². The molecule has 0 bridgehead atoms. The van der Waals surface area contributed by atoms with E-state index in [1.807, 2.05) is 44.2 Å². The molecule has 1 aromatic rings. The van der Waals surface area contributed by atoms with Gasteiger partial charge in [-0.2, -0.15) is 0 Å². The Morgan fingerprint density at radius 1 is 1.33 bits per heavy atom. The summed E-state index contributed by atoms with van der Waals surface area (Å²) < 4.78 is 5.30. The Bertz CT molecular complexity index is 486. The van der Waals surface area contributed by atoms with E-state index in [0.29, 0.717) is 13.1 Å². The number of rotatable bonds is 6. The van der Waals surface area contributed by atoms with Crippen LogP contribution in [0.5, 0.6) is 0 Å². The lowest BCUT2D eigenvalue weighted by molar-refractivity contribution is -0.125. The molecule has 2 amide bonds. The topological polar surface area (TPSA) is 58.6 Å². The van der Waals surface area contributed by atoms with Crippen LogP contribution in [0.2, 0.25) is 0 Å². The maximum Gasteiger partial charge on any atom is 0.414 e. The zero-order valence-electron chi connectivity index (χ0n) is 12.5. The number of ether oxygens (including phenoxy) is 1. The minimum absolute atomic E-state index is 0.0346. The molecule has 21 heavy (non-hydrogen) atoms. The van der Waals surface area contributed by atoms with Gasteiger partial charge >= 0.3 is 6.09 Å². The van der Waals surface area contributed by atoms with Gasteiger partial charge in [0, 0.05) is 11.6 Å². The molecule has 1 N–H and O–H groups in total. The summed E-state index contributed by atoms with van der Waals surface area (Å²) in [4.78, 5) is 25.4. The predicted molar refractivity (Wildman–Crippen MR) is 81.1 cm³/mol. The van der Waals surface area contributed by atoms with Gasteiger partial charge in [-0.25, -0.2) is 4.79 Å². The molecule has 1 fully saturated rings. The molecule has 5 nitrogen and oxygen atoms in total. The first-order valence-electron chi connectivity index (χ1n) is 7.46. The first-order chi connectivity index (χ1) is 10.2. The summed E-state index contributed by atoms with van der Waals surface area (Å²) >= 11 is 0. The number of hydrogen-bond donors (Lipinski definition) is 1. The summed E-state index contributed by atoms with van der Waals surface area (Å²) in [5, 5.41) is 2.88. The van der Waals surface area contributed by atoms with E-state index in [0.717, 1.165) is 18.5 Å². The fraction of sp³-hybridized carbons (Fsp3) is 0.500. The number of nitrogens with one attached hydrogen (secondary N) is 1. The van der Waals surface area contributed by atoms with Crippen molar-refractivity contribution in [2.75, 3.05) is 18.0 Å². The second-order valence-corrected chi connectivity index (χ2v) is 5.21. The number of benzene rings is 1. The molecule has 1 saturated heterocycles. The Kier molecular flexibility index (Phi) is 5.20. The standard InChI is InChI=1S/C16H22N2O3/c1-3-12(4-2)15(19)17-10-14-11-18(16(20)21-14)13-8-6-5-7-9-13/h5-9,12,14H,3-4,10-11H2,1-2H3,(H,17,19). The SMILES string of the molecule is CCC(CC)C(=O)NCC1CN(c2ccccc2)C(=O)O1. The van der Waals surface area contributed by atoms with Crippen LogP contribution >= 0.6 is 0 Å². The Labute approximate surface area is 125 Å². The Morgan fingerprint density at radius 2 is 2.00 bits per heavy atom. The molecule has 0 aliphatic carbocycles. The zero-order chi connectivity index (χ0) is 15.2. The molecule has 0 spiro atoms. The quantitative estimate of drug-likeness (QED) is 0.876. The number of anilines is 1. The minimum atomic E-state index is -0.358. The van der Waals surface area contributed by atoms with Gasteiger partial charge in [-0.15, -0.1) is 0 Å². The van der Waals surface area contributed by atoms with Crippen molar-refractivity contribution in [1.29, 1.82) is 0 Å². The van der Waals surface area contributed by atoms with E-state index in [9.17, 15) is 9.59 Å².